The van der Waals surface area contributed by atoms with E-state index in [1.807, 2.05) is 0 Å². The van der Waals surface area contributed by atoms with Crippen molar-refractivity contribution >= 4 is 0 Å². The molecule has 0 radical (unpaired) electrons. The van der Waals surface area contributed by atoms with Gasteiger partial charge >= 0.3 is 0 Å². The highest BCUT2D eigenvalue weighted by Crippen LogP contribution is 2.43. The van der Waals surface area contributed by atoms with Gasteiger partial charge in [-0.05, 0) is 45.1 Å². The lowest BCUT2D eigenvalue weighted by Crippen LogP contribution is -2.58. The number of likely N-dealkylation sites (tertiary alicyclic amines) is 1. The molecule has 3 nitrogen and oxygen atoms in total. The molecule has 1 aliphatic carbocycles. The first-order valence-corrected chi connectivity index (χ1v) is 8.38. The molecule has 0 aromatic carbocycles. The second-order valence-corrected chi connectivity index (χ2v) is 7.09. The predicted molar refractivity (Wildman–Crippen MR) is 80.2 cm³/mol. The number of nitrogens with zero attached hydrogens (tertiary/aromatic N) is 2. The fraction of sp³-hybridized carbons (Fsp3) is 1.00. The highest BCUT2D eigenvalue weighted by molar-refractivity contribution is 5.04. The van der Waals surface area contributed by atoms with E-state index in [-0.39, 0.29) is 0 Å². The van der Waals surface area contributed by atoms with Gasteiger partial charge in [0.1, 0.15) is 0 Å². The lowest BCUT2D eigenvalue weighted by atomic mass is 9.82. The van der Waals surface area contributed by atoms with Crippen LogP contribution in [0.2, 0.25) is 0 Å². The predicted octanol–water partition coefficient (Wildman–Crippen LogP) is 2.06. The number of fused-ring (bicyclic) bond motifs is 2. The fourth-order valence-corrected chi connectivity index (χ4v) is 5.24. The summed E-state index contributed by atoms with van der Waals surface area (Å²) in [6.07, 6.45) is 9.59. The van der Waals surface area contributed by atoms with Gasteiger partial charge in [0.2, 0.25) is 0 Å². The standard InChI is InChI=1S/C16H31N3/c1-3-13-5-4-9-16(13,12-17)19-10-8-14-6-7-15(11-19)18(14)2/h13-15H,3-12,17H2,1-2H3. The van der Waals surface area contributed by atoms with Crippen LogP contribution in [0, 0.1) is 5.92 Å². The van der Waals surface area contributed by atoms with E-state index in [0.717, 1.165) is 24.5 Å². The van der Waals surface area contributed by atoms with Crippen LogP contribution in [-0.2, 0) is 0 Å². The maximum Gasteiger partial charge on any atom is 0.0360 e. The molecule has 19 heavy (non-hydrogen) atoms. The zero-order chi connectivity index (χ0) is 13.5. The molecule has 3 heteroatoms. The molecule has 2 heterocycles. The van der Waals surface area contributed by atoms with Gasteiger partial charge in [-0.1, -0.05) is 19.8 Å². The highest BCUT2D eigenvalue weighted by Gasteiger charge is 2.48. The number of hydrogen-bond donors (Lipinski definition) is 1. The smallest absolute Gasteiger partial charge is 0.0360 e. The Balaban J connectivity index is 1.80. The van der Waals surface area contributed by atoms with Crippen LogP contribution < -0.4 is 5.73 Å². The van der Waals surface area contributed by atoms with E-state index in [1.54, 1.807) is 0 Å². The van der Waals surface area contributed by atoms with Gasteiger partial charge in [-0.2, -0.15) is 0 Å². The van der Waals surface area contributed by atoms with Gasteiger partial charge in [0, 0.05) is 37.3 Å². The van der Waals surface area contributed by atoms with E-state index in [9.17, 15) is 0 Å². The fourth-order valence-electron chi connectivity index (χ4n) is 5.24. The molecule has 0 aromatic heterocycles. The molecule has 0 aromatic rings. The van der Waals surface area contributed by atoms with Crippen molar-refractivity contribution in [1.29, 1.82) is 0 Å². The molecule has 2 aliphatic heterocycles. The molecule has 3 fully saturated rings. The Labute approximate surface area is 118 Å². The molecule has 1 saturated carbocycles. The van der Waals surface area contributed by atoms with Crippen LogP contribution >= 0.6 is 0 Å². The minimum Gasteiger partial charge on any atom is -0.329 e. The molecule has 2 saturated heterocycles. The Morgan fingerprint density at radius 1 is 1.16 bits per heavy atom. The number of likely N-dealkylation sites (N-methyl/N-ethyl adjacent to an activating group) is 1. The van der Waals surface area contributed by atoms with E-state index >= 15 is 0 Å². The molecule has 2 bridgehead atoms. The summed E-state index contributed by atoms with van der Waals surface area (Å²) in [5.74, 6) is 0.833. The lowest BCUT2D eigenvalue weighted by molar-refractivity contribution is 0.0473. The average molecular weight is 265 g/mol. The summed E-state index contributed by atoms with van der Waals surface area (Å²) < 4.78 is 0. The van der Waals surface area contributed by atoms with Gasteiger partial charge in [-0.3, -0.25) is 9.80 Å². The summed E-state index contributed by atoms with van der Waals surface area (Å²) in [4.78, 5) is 5.47. The molecule has 0 spiro atoms. The number of hydrogen-bond acceptors (Lipinski definition) is 3. The molecule has 2 N–H and O–H groups in total. The first kappa shape index (κ1) is 13.8. The van der Waals surface area contributed by atoms with Crippen molar-refractivity contribution in [1.82, 2.24) is 9.80 Å². The Bertz CT molecular complexity index is 319. The lowest BCUT2D eigenvalue weighted by Gasteiger charge is -2.46. The second-order valence-electron chi connectivity index (χ2n) is 7.09. The van der Waals surface area contributed by atoms with Crippen molar-refractivity contribution < 1.29 is 0 Å². The van der Waals surface area contributed by atoms with Gasteiger partial charge in [0.15, 0.2) is 0 Å². The van der Waals surface area contributed by atoms with Crippen LogP contribution in [0.25, 0.3) is 0 Å². The molecular weight excluding hydrogens is 234 g/mol. The van der Waals surface area contributed by atoms with Crippen LogP contribution in [0.15, 0.2) is 0 Å². The quantitative estimate of drug-likeness (QED) is 0.848. The maximum absolute atomic E-state index is 6.29. The van der Waals surface area contributed by atoms with Crippen molar-refractivity contribution in [3.8, 4) is 0 Å². The van der Waals surface area contributed by atoms with Crippen molar-refractivity contribution in [2.75, 3.05) is 26.7 Å². The Kier molecular flexibility index (Phi) is 3.89. The summed E-state index contributed by atoms with van der Waals surface area (Å²) in [7, 11) is 2.34. The molecule has 4 unspecified atom stereocenters. The van der Waals surface area contributed by atoms with Gasteiger partial charge < -0.3 is 5.73 Å². The van der Waals surface area contributed by atoms with Gasteiger partial charge in [-0.25, -0.2) is 0 Å². The molecule has 4 atom stereocenters. The summed E-state index contributed by atoms with van der Waals surface area (Å²) in [5, 5.41) is 0. The third-order valence-corrected chi connectivity index (χ3v) is 6.55. The van der Waals surface area contributed by atoms with Crippen molar-refractivity contribution in [2.24, 2.45) is 11.7 Å². The first-order valence-electron chi connectivity index (χ1n) is 8.38. The van der Waals surface area contributed by atoms with Crippen molar-refractivity contribution in [3.63, 3.8) is 0 Å². The van der Waals surface area contributed by atoms with E-state index in [0.29, 0.717) is 5.54 Å². The van der Waals surface area contributed by atoms with Gasteiger partial charge in [0.05, 0.1) is 0 Å². The Morgan fingerprint density at radius 2 is 1.95 bits per heavy atom. The van der Waals surface area contributed by atoms with Gasteiger partial charge in [-0.15, -0.1) is 0 Å². The van der Waals surface area contributed by atoms with E-state index < -0.39 is 0 Å². The Morgan fingerprint density at radius 3 is 2.68 bits per heavy atom. The zero-order valence-electron chi connectivity index (χ0n) is 12.8. The topological polar surface area (TPSA) is 32.5 Å². The largest absolute Gasteiger partial charge is 0.329 e. The van der Waals surface area contributed by atoms with Crippen LogP contribution in [0.5, 0.6) is 0 Å². The van der Waals surface area contributed by atoms with Crippen LogP contribution in [0.1, 0.15) is 51.9 Å². The van der Waals surface area contributed by atoms with Crippen LogP contribution in [0.3, 0.4) is 0 Å². The highest BCUT2D eigenvalue weighted by atomic mass is 15.3. The second kappa shape index (κ2) is 5.34. The Hall–Kier alpha value is -0.120. The van der Waals surface area contributed by atoms with Crippen LogP contribution in [-0.4, -0.2) is 54.1 Å². The van der Waals surface area contributed by atoms with E-state index in [1.165, 1.54) is 58.0 Å². The maximum atomic E-state index is 6.29. The van der Waals surface area contributed by atoms with Crippen molar-refractivity contribution in [2.45, 2.75) is 69.5 Å². The third-order valence-electron chi connectivity index (χ3n) is 6.55. The summed E-state index contributed by atoms with van der Waals surface area (Å²) in [6.45, 7) is 5.77. The molecule has 3 aliphatic rings. The molecule has 3 rings (SSSR count). The normalized spacial score (nSPS) is 44.7. The van der Waals surface area contributed by atoms with Crippen LogP contribution in [0.4, 0.5) is 0 Å². The minimum atomic E-state index is 0.333. The number of rotatable bonds is 3. The van der Waals surface area contributed by atoms with Crippen molar-refractivity contribution in [3.05, 3.63) is 0 Å². The summed E-state index contributed by atoms with van der Waals surface area (Å²) in [5.41, 5.74) is 6.63. The van der Waals surface area contributed by atoms with E-state index in [2.05, 4.69) is 23.8 Å². The van der Waals surface area contributed by atoms with E-state index in [4.69, 9.17) is 5.73 Å². The average Bonchev–Trinajstić information content (AvgIpc) is 2.92. The first-order chi connectivity index (χ1) is 9.21. The molecule has 110 valence electrons. The zero-order valence-corrected chi connectivity index (χ0v) is 12.8. The SMILES string of the molecule is CCC1CCCC1(CN)N1CCC2CCC(C1)N2C. The minimum absolute atomic E-state index is 0.333. The summed E-state index contributed by atoms with van der Waals surface area (Å²) in [6, 6.07) is 1.63. The monoisotopic (exact) mass is 265 g/mol. The molecular formula is C16H31N3. The summed E-state index contributed by atoms with van der Waals surface area (Å²) >= 11 is 0. The third kappa shape index (κ3) is 2.14. The number of nitrogens with two attached hydrogens (primary N) is 1. The van der Waals surface area contributed by atoms with Gasteiger partial charge in [0.25, 0.3) is 0 Å². The molecule has 0 amide bonds.